The van der Waals surface area contributed by atoms with Crippen molar-refractivity contribution in [2.75, 3.05) is 6.54 Å². The Morgan fingerprint density at radius 3 is 3.00 bits per heavy atom. The molecule has 8 nitrogen and oxygen atoms in total. The molecular formula is C17H21N7O. The van der Waals surface area contributed by atoms with E-state index in [9.17, 15) is 0 Å². The Balaban J connectivity index is 1.48. The zero-order chi connectivity index (χ0) is 17.1. The molecule has 0 N–H and O–H groups in total. The second-order valence-electron chi connectivity index (χ2n) is 6.20. The summed E-state index contributed by atoms with van der Waals surface area (Å²) in [6, 6.07) is 3.75. The van der Waals surface area contributed by atoms with E-state index in [0.29, 0.717) is 6.61 Å². The molecule has 0 spiro atoms. The maximum Gasteiger partial charge on any atom is 0.138 e. The fourth-order valence-corrected chi connectivity index (χ4v) is 3.04. The van der Waals surface area contributed by atoms with Gasteiger partial charge in [-0.25, -0.2) is 9.67 Å². The van der Waals surface area contributed by atoms with Crippen molar-refractivity contribution in [3.63, 3.8) is 0 Å². The van der Waals surface area contributed by atoms with Crippen LogP contribution in [0.1, 0.15) is 23.6 Å². The lowest BCUT2D eigenvalue weighted by molar-refractivity contribution is 0.247. The molecule has 1 aliphatic rings. The number of imidazole rings is 1. The summed E-state index contributed by atoms with van der Waals surface area (Å²) < 4.78 is 9.87. The van der Waals surface area contributed by atoms with Crippen molar-refractivity contribution in [1.29, 1.82) is 0 Å². The van der Waals surface area contributed by atoms with E-state index in [4.69, 9.17) is 4.74 Å². The maximum atomic E-state index is 5.80. The molecule has 130 valence electrons. The van der Waals surface area contributed by atoms with E-state index in [1.807, 2.05) is 36.3 Å². The Bertz CT molecular complexity index is 827. The van der Waals surface area contributed by atoms with Gasteiger partial charge in [0.15, 0.2) is 0 Å². The number of rotatable bonds is 5. The van der Waals surface area contributed by atoms with Crippen LogP contribution in [0.5, 0.6) is 5.75 Å². The molecule has 0 atom stereocenters. The Kier molecular flexibility index (Phi) is 4.43. The van der Waals surface area contributed by atoms with Crippen LogP contribution in [0.4, 0.5) is 0 Å². The molecule has 0 saturated heterocycles. The number of fused-ring (bicyclic) bond motifs is 1. The molecule has 0 bridgehead atoms. The van der Waals surface area contributed by atoms with Crippen LogP contribution in [0, 0.1) is 0 Å². The van der Waals surface area contributed by atoms with Crippen molar-refractivity contribution in [2.45, 2.75) is 32.7 Å². The van der Waals surface area contributed by atoms with Crippen LogP contribution in [0.15, 0.2) is 36.9 Å². The Morgan fingerprint density at radius 1 is 1.24 bits per heavy atom. The highest BCUT2D eigenvalue weighted by molar-refractivity contribution is 5.17. The molecular weight excluding hydrogens is 318 g/mol. The topological polar surface area (TPSA) is 73.9 Å². The molecule has 0 aliphatic carbocycles. The summed E-state index contributed by atoms with van der Waals surface area (Å²) in [5.41, 5.74) is 2.01. The van der Waals surface area contributed by atoms with Crippen LogP contribution < -0.4 is 4.74 Å². The van der Waals surface area contributed by atoms with Gasteiger partial charge in [0, 0.05) is 45.3 Å². The van der Waals surface area contributed by atoms with Gasteiger partial charge in [-0.3, -0.25) is 9.88 Å². The van der Waals surface area contributed by atoms with Crippen molar-refractivity contribution >= 4 is 0 Å². The number of hydrogen-bond acceptors (Lipinski definition) is 6. The second-order valence-corrected chi connectivity index (χ2v) is 6.20. The molecule has 4 heterocycles. The number of pyridine rings is 1. The fourth-order valence-electron chi connectivity index (χ4n) is 3.04. The number of nitrogens with zero attached hydrogens (tertiary/aromatic N) is 7. The van der Waals surface area contributed by atoms with Crippen LogP contribution in [0.25, 0.3) is 0 Å². The number of aromatic nitrogens is 6. The van der Waals surface area contributed by atoms with Gasteiger partial charge in [0.2, 0.25) is 0 Å². The predicted octanol–water partition coefficient (Wildman–Crippen LogP) is 1.39. The SMILES string of the molecule is Cn1ccnc1CN1CCCn2nnc(COc3cccnc3)c2C1. The molecule has 0 saturated carbocycles. The van der Waals surface area contributed by atoms with E-state index >= 15 is 0 Å². The first kappa shape index (κ1) is 15.8. The maximum absolute atomic E-state index is 5.80. The lowest BCUT2D eigenvalue weighted by Gasteiger charge is -2.19. The van der Waals surface area contributed by atoms with Crippen molar-refractivity contribution in [3.05, 3.63) is 54.1 Å². The first-order chi connectivity index (χ1) is 12.3. The van der Waals surface area contributed by atoms with Gasteiger partial charge < -0.3 is 9.30 Å². The highest BCUT2D eigenvalue weighted by atomic mass is 16.5. The average Bonchev–Trinajstić information content (AvgIpc) is 3.14. The summed E-state index contributed by atoms with van der Waals surface area (Å²) in [7, 11) is 2.03. The van der Waals surface area contributed by atoms with E-state index in [0.717, 1.165) is 55.6 Å². The highest BCUT2D eigenvalue weighted by Gasteiger charge is 2.21. The Hall–Kier alpha value is -2.74. The molecule has 0 aromatic carbocycles. The molecule has 3 aromatic rings. The molecule has 0 fully saturated rings. The highest BCUT2D eigenvalue weighted by Crippen LogP contribution is 2.18. The van der Waals surface area contributed by atoms with Crippen molar-refractivity contribution in [3.8, 4) is 5.75 Å². The second kappa shape index (κ2) is 7.02. The smallest absolute Gasteiger partial charge is 0.138 e. The van der Waals surface area contributed by atoms with Gasteiger partial charge in [-0.15, -0.1) is 5.10 Å². The summed E-state index contributed by atoms with van der Waals surface area (Å²) in [5, 5.41) is 8.63. The van der Waals surface area contributed by atoms with Gasteiger partial charge in [0.1, 0.15) is 23.9 Å². The summed E-state index contributed by atoms with van der Waals surface area (Å²) in [6.45, 7) is 3.91. The van der Waals surface area contributed by atoms with Crippen LogP contribution >= 0.6 is 0 Å². The van der Waals surface area contributed by atoms with E-state index in [1.165, 1.54) is 0 Å². The first-order valence-electron chi connectivity index (χ1n) is 8.42. The zero-order valence-corrected chi connectivity index (χ0v) is 14.2. The number of ether oxygens (including phenoxy) is 1. The van der Waals surface area contributed by atoms with Gasteiger partial charge in [0.25, 0.3) is 0 Å². The largest absolute Gasteiger partial charge is 0.486 e. The van der Waals surface area contributed by atoms with Gasteiger partial charge in [-0.2, -0.15) is 0 Å². The van der Waals surface area contributed by atoms with Crippen molar-refractivity contribution in [1.82, 2.24) is 34.4 Å². The third kappa shape index (κ3) is 3.53. The molecule has 1 aliphatic heterocycles. The minimum Gasteiger partial charge on any atom is -0.486 e. The third-order valence-corrected chi connectivity index (χ3v) is 4.43. The number of aryl methyl sites for hydroxylation is 2. The normalized spacial score (nSPS) is 14.9. The summed E-state index contributed by atoms with van der Waals surface area (Å²) in [6.07, 6.45) is 8.30. The van der Waals surface area contributed by atoms with Crippen LogP contribution in [0.2, 0.25) is 0 Å². The van der Waals surface area contributed by atoms with Gasteiger partial charge >= 0.3 is 0 Å². The summed E-state index contributed by atoms with van der Waals surface area (Å²) in [5.74, 6) is 1.80. The quantitative estimate of drug-likeness (QED) is 0.699. The van der Waals surface area contributed by atoms with Crippen molar-refractivity contribution in [2.24, 2.45) is 7.05 Å². The zero-order valence-electron chi connectivity index (χ0n) is 14.2. The van der Waals surface area contributed by atoms with Crippen molar-refractivity contribution < 1.29 is 4.74 Å². The van der Waals surface area contributed by atoms with Gasteiger partial charge in [-0.1, -0.05) is 5.21 Å². The lowest BCUT2D eigenvalue weighted by Crippen LogP contribution is -2.25. The van der Waals surface area contributed by atoms with E-state index in [1.54, 1.807) is 12.4 Å². The predicted molar refractivity (Wildman–Crippen MR) is 90.5 cm³/mol. The Labute approximate surface area is 146 Å². The molecule has 0 unspecified atom stereocenters. The van der Waals surface area contributed by atoms with Gasteiger partial charge in [-0.05, 0) is 18.6 Å². The standard InChI is InChI=1S/C17H21N7O/c1-22-9-6-19-17(22)12-23-7-3-8-24-16(11-23)15(20-21-24)13-25-14-4-2-5-18-10-14/h2,4-6,9-10H,3,7-8,11-13H2,1H3. The van der Waals surface area contributed by atoms with Gasteiger partial charge in [0.05, 0.1) is 18.4 Å². The lowest BCUT2D eigenvalue weighted by atomic mass is 10.3. The molecule has 3 aromatic heterocycles. The van der Waals surface area contributed by atoms with Crippen LogP contribution in [-0.2, 0) is 33.3 Å². The van der Waals surface area contributed by atoms with E-state index in [2.05, 4.69) is 29.7 Å². The van der Waals surface area contributed by atoms with Crippen LogP contribution in [-0.4, -0.2) is 41.0 Å². The number of hydrogen-bond donors (Lipinski definition) is 0. The summed E-state index contributed by atoms with van der Waals surface area (Å²) >= 11 is 0. The molecule has 8 heteroatoms. The van der Waals surface area contributed by atoms with E-state index < -0.39 is 0 Å². The average molecular weight is 339 g/mol. The third-order valence-electron chi connectivity index (χ3n) is 4.43. The van der Waals surface area contributed by atoms with E-state index in [-0.39, 0.29) is 0 Å². The molecule has 0 amide bonds. The molecule has 0 radical (unpaired) electrons. The Morgan fingerprint density at radius 2 is 2.20 bits per heavy atom. The monoisotopic (exact) mass is 339 g/mol. The summed E-state index contributed by atoms with van der Waals surface area (Å²) in [4.78, 5) is 10.9. The van der Waals surface area contributed by atoms with Crippen LogP contribution in [0.3, 0.4) is 0 Å². The minimum absolute atomic E-state index is 0.400. The minimum atomic E-state index is 0.400. The fraction of sp³-hybridized carbons (Fsp3) is 0.412. The molecule has 4 rings (SSSR count). The first-order valence-corrected chi connectivity index (χ1v) is 8.42. The molecule has 25 heavy (non-hydrogen) atoms.